The van der Waals surface area contributed by atoms with E-state index in [0.717, 1.165) is 16.7 Å². The number of nitrogens with zero attached hydrogens (tertiary/aromatic N) is 2. The molecule has 2 heterocycles. The summed E-state index contributed by atoms with van der Waals surface area (Å²) in [5, 5.41) is 5.63. The van der Waals surface area contributed by atoms with Gasteiger partial charge in [0.25, 0.3) is 11.8 Å². The van der Waals surface area contributed by atoms with Gasteiger partial charge in [0, 0.05) is 36.4 Å². The molecule has 3 rings (SSSR count). The zero-order valence-corrected chi connectivity index (χ0v) is 15.2. The molecule has 27 heavy (non-hydrogen) atoms. The van der Waals surface area contributed by atoms with Crippen LogP contribution in [0.15, 0.2) is 61.1 Å². The third-order valence-electron chi connectivity index (χ3n) is 4.22. The van der Waals surface area contributed by atoms with Crippen LogP contribution in [0.2, 0.25) is 0 Å². The van der Waals surface area contributed by atoms with E-state index in [1.165, 1.54) is 12.3 Å². The average molecular weight is 360 g/mol. The maximum atomic E-state index is 12.5. The van der Waals surface area contributed by atoms with E-state index in [1.807, 2.05) is 44.2 Å². The van der Waals surface area contributed by atoms with Crippen LogP contribution < -0.4 is 10.6 Å². The summed E-state index contributed by atoms with van der Waals surface area (Å²) in [5.74, 6) is -0.628. The molecule has 0 saturated carbocycles. The number of benzene rings is 1. The lowest BCUT2D eigenvalue weighted by Crippen LogP contribution is -2.24. The monoisotopic (exact) mass is 360 g/mol. The van der Waals surface area contributed by atoms with E-state index in [4.69, 9.17) is 0 Å². The topological polar surface area (TPSA) is 84.0 Å². The van der Waals surface area contributed by atoms with Gasteiger partial charge in [-0.1, -0.05) is 6.07 Å². The number of aromatic nitrogens is 2. The van der Waals surface area contributed by atoms with E-state index in [9.17, 15) is 9.59 Å². The molecule has 0 radical (unpaired) electrons. The predicted molar refractivity (Wildman–Crippen MR) is 104 cm³/mol. The van der Waals surface area contributed by atoms with Crippen LogP contribution in [-0.4, -0.2) is 21.8 Å². The van der Waals surface area contributed by atoms with Crippen molar-refractivity contribution in [3.05, 3.63) is 89.0 Å². The first-order chi connectivity index (χ1) is 13.0. The molecule has 0 spiro atoms. The molecule has 6 heteroatoms. The summed E-state index contributed by atoms with van der Waals surface area (Å²) < 4.78 is 0. The Labute approximate surface area is 157 Å². The van der Waals surface area contributed by atoms with E-state index < -0.39 is 0 Å². The van der Waals surface area contributed by atoms with Gasteiger partial charge in [0.2, 0.25) is 0 Å². The second-order valence-electron chi connectivity index (χ2n) is 6.22. The zero-order chi connectivity index (χ0) is 19.2. The van der Waals surface area contributed by atoms with Gasteiger partial charge in [0.15, 0.2) is 0 Å². The third-order valence-corrected chi connectivity index (χ3v) is 4.22. The van der Waals surface area contributed by atoms with Crippen molar-refractivity contribution < 1.29 is 9.59 Å². The van der Waals surface area contributed by atoms with Gasteiger partial charge in [-0.15, -0.1) is 0 Å². The Morgan fingerprint density at radius 3 is 2.41 bits per heavy atom. The molecule has 0 bridgehead atoms. The first-order valence-corrected chi connectivity index (χ1v) is 8.54. The van der Waals surface area contributed by atoms with Crippen LogP contribution in [0, 0.1) is 13.8 Å². The normalized spacial score (nSPS) is 10.3. The summed E-state index contributed by atoms with van der Waals surface area (Å²) in [6.45, 7) is 4.37. The van der Waals surface area contributed by atoms with Gasteiger partial charge in [0.05, 0.1) is 0 Å². The fourth-order valence-electron chi connectivity index (χ4n) is 2.49. The molecule has 0 aliphatic rings. The molecule has 0 aliphatic carbocycles. The van der Waals surface area contributed by atoms with Crippen molar-refractivity contribution in [2.45, 2.75) is 20.4 Å². The van der Waals surface area contributed by atoms with Crippen molar-refractivity contribution in [1.82, 2.24) is 15.3 Å². The Morgan fingerprint density at radius 1 is 0.889 bits per heavy atom. The SMILES string of the molecule is Cc1ccc(NC(=O)c2ccnc(C(=O)NCc3ccncc3)c2)cc1C. The Hall–Kier alpha value is -3.54. The van der Waals surface area contributed by atoms with Crippen molar-refractivity contribution >= 4 is 17.5 Å². The van der Waals surface area contributed by atoms with E-state index in [1.54, 1.807) is 18.5 Å². The smallest absolute Gasteiger partial charge is 0.270 e. The first-order valence-electron chi connectivity index (χ1n) is 8.54. The highest BCUT2D eigenvalue weighted by Crippen LogP contribution is 2.15. The lowest BCUT2D eigenvalue weighted by atomic mass is 10.1. The maximum Gasteiger partial charge on any atom is 0.270 e. The van der Waals surface area contributed by atoms with E-state index >= 15 is 0 Å². The molecule has 2 N–H and O–H groups in total. The summed E-state index contributed by atoms with van der Waals surface area (Å²) >= 11 is 0. The molecule has 0 fully saturated rings. The fourth-order valence-corrected chi connectivity index (χ4v) is 2.49. The number of nitrogens with one attached hydrogen (secondary N) is 2. The molecule has 6 nitrogen and oxygen atoms in total. The lowest BCUT2D eigenvalue weighted by Gasteiger charge is -2.09. The predicted octanol–water partition coefficient (Wildman–Crippen LogP) is 3.28. The average Bonchev–Trinajstić information content (AvgIpc) is 2.70. The van der Waals surface area contributed by atoms with Gasteiger partial charge in [-0.3, -0.25) is 19.6 Å². The number of pyridine rings is 2. The van der Waals surface area contributed by atoms with Crippen molar-refractivity contribution in [3.63, 3.8) is 0 Å². The van der Waals surface area contributed by atoms with E-state index in [2.05, 4.69) is 20.6 Å². The van der Waals surface area contributed by atoms with Gasteiger partial charge in [-0.25, -0.2) is 0 Å². The van der Waals surface area contributed by atoms with Crippen molar-refractivity contribution in [1.29, 1.82) is 0 Å². The van der Waals surface area contributed by atoms with Gasteiger partial charge in [-0.05, 0) is 66.9 Å². The van der Waals surface area contributed by atoms with Crippen LogP contribution in [0.25, 0.3) is 0 Å². The van der Waals surface area contributed by atoms with Crippen LogP contribution in [0.3, 0.4) is 0 Å². The highest BCUT2D eigenvalue weighted by Gasteiger charge is 2.12. The van der Waals surface area contributed by atoms with Crippen molar-refractivity contribution in [2.24, 2.45) is 0 Å². The quantitative estimate of drug-likeness (QED) is 0.731. The summed E-state index contributed by atoms with van der Waals surface area (Å²) in [6.07, 6.45) is 4.78. The number of carbonyl (C=O) groups is 2. The molecule has 0 unspecified atom stereocenters. The number of rotatable bonds is 5. The third kappa shape index (κ3) is 4.76. The highest BCUT2D eigenvalue weighted by molar-refractivity contribution is 6.05. The number of hydrogen-bond acceptors (Lipinski definition) is 4. The van der Waals surface area contributed by atoms with Crippen LogP contribution >= 0.6 is 0 Å². The molecular formula is C21H20N4O2. The van der Waals surface area contributed by atoms with Crippen molar-refractivity contribution in [2.75, 3.05) is 5.32 Å². The summed E-state index contributed by atoms with van der Waals surface area (Å²) in [5.41, 5.74) is 4.46. The van der Waals surface area contributed by atoms with Gasteiger partial charge < -0.3 is 10.6 Å². The zero-order valence-electron chi connectivity index (χ0n) is 15.2. The Bertz CT molecular complexity index is 971. The number of hydrogen-bond donors (Lipinski definition) is 2. The van der Waals surface area contributed by atoms with Crippen LogP contribution in [0.5, 0.6) is 0 Å². The second-order valence-corrected chi connectivity index (χ2v) is 6.22. The highest BCUT2D eigenvalue weighted by atomic mass is 16.2. The number of amides is 2. The van der Waals surface area contributed by atoms with E-state index in [0.29, 0.717) is 17.8 Å². The number of anilines is 1. The standard InChI is InChI=1S/C21H20N4O2/c1-14-3-4-18(11-15(14)2)25-20(26)17-7-10-23-19(12-17)21(27)24-13-16-5-8-22-9-6-16/h3-12H,13H2,1-2H3,(H,24,27)(H,25,26). The molecule has 136 valence electrons. The minimum Gasteiger partial charge on any atom is -0.347 e. The molecule has 1 aromatic carbocycles. The minimum atomic E-state index is -0.340. The molecule has 3 aromatic rings. The molecular weight excluding hydrogens is 340 g/mol. The fraction of sp³-hybridized carbons (Fsp3) is 0.143. The van der Waals surface area contributed by atoms with E-state index in [-0.39, 0.29) is 17.5 Å². The van der Waals surface area contributed by atoms with Gasteiger partial charge in [0.1, 0.15) is 5.69 Å². The molecule has 0 saturated heterocycles. The number of carbonyl (C=O) groups excluding carboxylic acids is 2. The summed E-state index contributed by atoms with van der Waals surface area (Å²) in [7, 11) is 0. The Kier molecular flexibility index (Phi) is 5.56. The molecule has 2 amide bonds. The Balaban J connectivity index is 1.67. The van der Waals surface area contributed by atoms with Crippen LogP contribution in [0.1, 0.15) is 37.5 Å². The largest absolute Gasteiger partial charge is 0.347 e. The Morgan fingerprint density at radius 2 is 1.67 bits per heavy atom. The second kappa shape index (κ2) is 8.23. The maximum absolute atomic E-state index is 12.5. The first kappa shape index (κ1) is 18.3. The summed E-state index contributed by atoms with van der Waals surface area (Å²) in [6, 6.07) is 12.4. The van der Waals surface area contributed by atoms with Gasteiger partial charge in [-0.2, -0.15) is 0 Å². The summed E-state index contributed by atoms with van der Waals surface area (Å²) in [4.78, 5) is 32.8. The van der Waals surface area contributed by atoms with Crippen molar-refractivity contribution in [3.8, 4) is 0 Å². The van der Waals surface area contributed by atoms with Crippen LogP contribution in [-0.2, 0) is 6.54 Å². The number of aryl methyl sites for hydroxylation is 2. The van der Waals surface area contributed by atoms with Crippen LogP contribution in [0.4, 0.5) is 5.69 Å². The molecule has 0 atom stereocenters. The van der Waals surface area contributed by atoms with Gasteiger partial charge >= 0.3 is 0 Å². The molecule has 0 aliphatic heterocycles. The minimum absolute atomic E-state index is 0.191. The molecule has 2 aromatic heterocycles. The lowest BCUT2D eigenvalue weighted by molar-refractivity contribution is 0.0946.